The number of hydrogen-bond acceptors (Lipinski definition) is 3. The minimum atomic E-state index is -0.200. The largest absolute Gasteiger partial charge is 0.344 e. The fourth-order valence-electron chi connectivity index (χ4n) is 1.39. The lowest BCUT2D eigenvalue weighted by Crippen LogP contribution is -2.07. The lowest BCUT2D eigenvalue weighted by atomic mass is 10.3. The zero-order valence-electron chi connectivity index (χ0n) is 9.40. The van der Waals surface area contributed by atoms with Crippen molar-refractivity contribution in [1.82, 2.24) is 6.15 Å². The van der Waals surface area contributed by atoms with Gasteiger partial charge < -0.3 is 11.1 Å². The Labute approximate surface area is 98.9 Å². The van der Waals surface area contributed by atoms with Crippen molar-refractivity contribution in [2.45, 2.75) is 6.92 Å². The van der Waals surface area contributed by atoms with Crippen LogP contribution in [-0.4, -0.2) is 7.05 Å². The van der Waals surface area contributed by atoms with Crippen LogP contribution in [0.5, 0.6) is 0 Å². The Hall–Kier alpha value is -1.39. The minimum Gasteiger partial charge on any atom is -0.344 e. The predicted molar refractivity (Wildman–Crippen MR) is 68.5 cm³/mol. The topological polar surface area (TPSA) is 38.2 Å². The standard InChI is InChI=1S/C12H12FNS.H3N/c1-9-3-8-12(15-9)14(2)11-6-4-10(13)5-7-11;/h3-8H,1-2H3;1H3. The molecule has 0 aliphatic rings. The summed E-state index contributed by atoms with van der Waals surface area (Å²) in [4.78, 5) is 3.33. The normalized spacial score (nSPS) is 9.69. The number of thiophene rings is 1. The molecular formula is C12H15FN2S. The SMILES string of the molecule is Cc1ccc(N(C)c2ccc(F)cc2)s1.N. The maximum atomic E-state index is 12.7. The third-order valence-electron chi connectivity index (χ3n) is 2.27. The first-order chi connectivity index (χ1) is 7.16. The highest BCUT2D eigenvalue weighted by molar-refractivity contribution is 7.16. The van der Waals surface area contributed by atoms with Gasteiger partial charge >= 0.3 is 0 Å². The lowest BCUT2D eigenvalue weighted by Gasteiger charge is -2.16. The molecule has 2 rings (SSSR count). The summed E-state index contributed by atoms with van der Waals surface area (Å²) in [5.41, 5.74) is 0.998. The van der Waals surface area contributed by atoms with Gasteiger partial charge in [0.15, 0.2) is 0 Å². The van der Waals surface area contributed by atoms with Crippen LogP contribution in [0.2, 0.25) is 0 Å². The Kier molecular flexibility index (Phi) is 4.04. The van der Waals surface area contributed by atoms with Gasteiger partial charge in [-0.2, -0.15) is 0 Å². The summed E-state index contributed by atoms with van der Waals surface area (Å²) in [6.07, 6.45) is 0. The molecule has 4 heteroatoms. The Morgan fingerprint density at radius 3 is 2.19 bits per heavy atom. The summed E-state index contributed by atoms with van der Waals surface area (Å²) in [5.74, 6) is -0.200. The summed E-state index contributed by atoms with van der Waals surface area (Å²) < 4.78 is 12.7. The molecule has 0 aliphatic heterocycles. The Bertz CT molecular complexity index is 450. The van der Waals surface area contributed by atoms with E-state index in [-0.39, 0.29) is 12.0 Å². The van der Waals surface area contributed by atoms with Gasteiger partial charge in [-0.3, -0.25) is 0 Å². The molecule has 0 atom stereocenters. The van der Waals surface area contributed by atoms with Crippen LogP contribution in [0.1, 0.15) is 4.88 Å². The van der Waals surface area contributed by atoms with Crippen molar-refractivity contribution in [3.63, 3.8) is 0 Å². The molecule has 0 amide bonds. The second kappa shape index (κ2) is 5.09. The molecule has 3 N–H and O–H groups in total. The number of rotatable bonds is 2. The number of hydrogen-bond donors (Lipinski definition) is 1. The summed E-state index contributed by atoms with van der Waals surface area (Å²) in [7, 11) is 1.98. The molecule has 2 aromatic rings. The highest BCUT2D eigenvalue weighted by Crippen LogP contribution is 2.30. The highest BCUT2D eigenvalue weighted by atomic mass is 32.1. The molecule has 16 heavy (non-hydrogen) atoms. The Balaban J connectivity index is 0.00000128. The minimum absolute atomic E-state index is 0. The van der Waals surface area contributed by atoms with Crippen molar-refractivity contribution in [2.75, 3.05) is 11.9 Å². The van der Waals surface area contributed by atoms with Crippen molar-refractivity contribution in [3.8, 4) is 0 Å². The van der Waals surface area contributed by atoms with Gasteiger partial charge in [0.2, 0.25) is 0 Å². The van der Waals surface area contributed by atoms with E-state index in [0.29, 0.717) is 0 Å². The van der Waals surface area contributed by atoms with E-state index >= 15 is 0 Å². The molecule has 0 spiro atoms. The molecule has 2 nitrogen and oxygen atoms in total. The van der Waals surface area contributed by atoms with Crippen LogP contribution in [0.25, 0.3) is 0 Å². The first kappa shape index (κ1) is 12.7. The number of halogens is 1. The smallest absolute Gasteiger partial charge is 0.123 e. The average Bonchev–Trinajstić information content (AvgIpc) is 2.65. The van der Waals surface area contributed by atoms with Crippen LogP contribution in [0, 0.1) is 12.7 Å². The quantitative estimate of drug-likeness (QED) is 0.854. The first-order valence-electron chi connectivity index (χ1n) is 4.72. The van der Waals surface area contributed by atoms with Crippen LogP contribution >= 0.6 is 11.3 Å². The van der Waals surface area contributed by atoms with Crippen molar-refractivity contribution in [2.24, 2.45) is 0 Å². The second-order valence-corrected chi connectivity index (χ2v) is 4.69. The van der Waals surface area contributed by atoms with E-state index in [9.17, 15) is 4.39 Å². The monoisotopic (exact) mass is 238 g/mol. The van der Waals surface area contributed by atoms with E-state index in [2.05, 4.69) is 24.0 Å². The van der Waals surface area contributed by atoms with E-state index in [4.69, 9.17) is 0 Å². The van der Waals surface area contributed by atoms with Crippen LogP contribution in [0.4, 0.5) is 15.1 Å². The van der Waals surface area contributed by atoms with Gasteiger partial charge in [0, 0.05) is 17.6 Å². The molecule has 0 aliphatic carbocycles. The molecule has 0 radical (unpaired) electrons. The molecule has 0 unspecified atom stereocenters. The maximum absolute atomic E-state index is 12.7. The molecule has 1 aromatic carbocycles. The molecule has 1 heterocycles. The van der Waals surface area contributed by atoms with Crippen LogP contribution in [0.15, 0.2) is 36.4 Å². The average molecular weight is 238 g/mol. The zero-order chi connectivity index (χ0) is 10.8. The van der Waals surface area contributed by atoms with Crippen LogP contribution in [0.3, 0.4) is 0 Å². The van der Waals surface area contributed by atoms with Gasteiger partial charge in [-0.05, 0) is 43.3 Å². The number of nitrogens with zero attached hydrogens (tertiary/aromatic N) is 1. The lowest BCUT2D eigenvalue weighted by molar-refractivity contribution is 0.628. The predicted octanol–water partition coefficient (Wildman–Crippen LogP) is 4.13. The zero-order valence-corrected chi connectivity index (χ0v) is 10.2. The highest BCUT2D eigenvalue weighted by Gasteiger charge is 2.05. The van der Waals surface area contributed by atoms with Gasteiger partial charge in [0.1, 0.15) is 5.82 Å². The van der Waals surface area contributed by atoms with E-state index in [1.54, 1.807) is 23.5 Å². The molecule has 0 bridgehead atoms. The number of aryl methyl sites for hydroxylation is 1. The summed E-state index contributed by atoms with van der Waals surface area (Å²) in [6, 6.07) is 10.7. The van der Waals surface area contributed by atoms with Crippen molar-refractivity contribution >= 4 is 22.0 Å². The van der Waals surface area contributed by atoms with E-state index < -0.39 is 0 Å². The summed E-state index contributed by atoms with van der Waals surface area (Å²) >= 11 is 1.73. The summed E-state index contributed by atoms with van der Waals surface area (Å²) in [5, 5.41) is 1.17. The number of anilines is 2. The van der Waals surface area contributed by atoms with Crippen molar-refractivity contribution in [3.05, 3.63) is 47.1 Å². The first-order valence-corrected chi connectivity index (χ1v) is 5.54. The van der Waals surface area contributed by atoms with Gasteiger partial charge in [-0.25, -0.2) is 4.39 Å². The fourth-order valence-corrected chi connectivity index (χ4v) is 2.24. The third kappa shape index (κ3) is 2.59. The molecular weight excluding hydrogens is 223 g/mol. The Morgan fingerprint density at radius 1 is 1.06 bits per heavy atom. The fraction of sp³-hybridized carbons (Fsp3) is 0.167. The maximum Gasteiger partial charge on any atom is 0.123 e. The van der Waals surface area contributed by atoms with Crippen molar-refractivity contribution in [1.29, 1.82) is 0 Å². The van der Waals surface area contributed by atoms with Crippen molar-refractivity contribution < 1.29 is 4.39 Å². The second-order valence-electron chi connectivity index (χ2n) is 3.42. The molecule has 86 valence electrons. The third-order valence-corrected chi connectivity index (χ3v) is 3.35. The molecule has 1 aromatic heterocycles. The van der Waals surface area contributed by atoms with Gasteiger partial charge in [0.05, 0.1) is 5.00 Å². The molecule has 0 saturated heterocycles. The van der Waals surface area contributed by atoms with Gasteiger partial charge in [-0.1, -0.05) is 0 Å². The Morgan fingerprint density at radius 2 is 1.69 bits per heavy atom. The van der Waals surface area contributed by atoms with E-state index in [1.807, 2.05) is 7.05 Å². The molecule has 0 saturated carbocycles. The van der Waals surface area contributed by atoms with Gasteiger partial charge in [-0.15, -0.1) is 11.3 Å². The summed E-state index contributed by atoms with van der Waals surface area (Å²) in [6.45, 7) is 2.08. The van der Waals surface area contributed by atoms with E-state index in [1.165, 1.54) is 22.0 Å². The number of benzene rings is 1. The van der Waals surface area contributed by atoms with Crippen LogP contribution in [-0.2, 0) is 0 Å². The van der Waals surface area contributed by atoms with Crippen LogP contribution < -0.4 is 11.1 Å². The molecule has 0 fully saturated rings. The van der Waals surface area contributed by atoms with Gasteiger partial charge in [0.25, 0.3) is 0 Å². The van der Waals surface area contributed by atoms with E-state index in [0.717, 1.165) is 5.69 Å².